The highest BCUT2D eigenvalue weighted by molar-refractivity contribution is 7.16. The summed E-state index contributed by atoms with van der Waals surface area (Å²) >= 11 is 13.4. The van der Waals surface area contributed by atoms with E-state index in [1.807, 2.05) is 0 Å². The third kappa shape index (κ3) is 4.26. The SMILES string of the molecule is CCOC(=O)Cn1c(=NC(=O)CN2C(=O)CCC2=O)sc2cc(Cl)cc(Cl)c21. The summed E-state index contributed by atoms with van der Waals surface area (Å²) in [5.74, 6) is -2.01. The van der Waals surface area contributed by atoms with Crippen LogP contribution in [0.1, 0.15) is 19.8 Å². The number of carbonyl (C=O) groups excluding carboxylic acids is 4. The summed E-state index contributed by atoms with van der Waals surface area (Å²) in [6.07, 6.45) is 0.179. The topological polar surface area (TPSA) is 98.0 Å². The monoisotopic (exact) mass is 443 g/mol. The van der Waals surface area contributed by atoms with E-state index >= 15 is 0 Å². The highest BCUT2D eigenvalue weighted by Gasteiger charge is 2.30. The molecule has 1 aromatic heterocycles. The first kappa shape index (κ1) is 20.5. The van der Waals surface area contributed by atoms with Gasteiger partial charge < -0.3 is 9.30 Å². The molecule has 1 aromatic carbocycles. The van der Waals surface area contributed by atoms with Gasteiger partial charge in [-0.1, -0.05) is 34.5 Å². The summed E-state index contributed by atoms with van der Waals surface area (Å²) in [5, 5.41) is 0.690. The third-order valence-corrected chi connectivity index (χ3v) is 5.49. The Morgan fingerprint density at radius 2 is 1.86 bits per heavy atom. The maximum absolute atomic E-state index is 12.4. The molecular formula is C17H15Cl2N3O5S. The molecule has 3 rings (SSSR count). The first-order chi connectivity index (χ1) is 13.3. The van der Waals surface area contributed by atoms with Crippen LogP contribution in [0.25, 0.3) is 10.2 Å². The average molecular weight is 444 g/mol. The van der Waals surface area contributed by atoms with Gasteiger partial charge in [-0.25, -0.2) is 0 Å². The lowest BCUT2D eigenvalue weighted by Gasteiger charge is -2.10. The molecule has 0 saturated carbocycles. The molecule has 2 heterocycles. The van der Waals surface area contributed by atoms with Crippen LogP contribution in [-0.2, 0) is 30.5 Å². The number of amides is 3. The van der Waals surface area contributed by atoms with Crippen LogP contribution in [0.3, 0.4) is 0 Å². The van der Waals surface area contributed by atoms with Gasteiger partial charge >= 0.3 is 5.97 Å². The normalized spacial score (nSPS) is 15.0. The van der Waals surface area contributed by atoms with Crippen molar-refractivity contribution < 1.29 is 23.9 Å². The largest absolute Gasteiger partial charge is 0.465 e. The molecule has 3 amide bonds. The van der Waals surface area contributed by atoms with Crippen molar-refractivity contribution in [3.05, 3.63) is 27.0 Å². The molecule has 8 nitrogen and oxygen atoms in total. The molecule has 1 aliphatic heterocycles. The fourth-order valence-electron chi connectivity index (χ4n) is 2.77. The standard InChI is InChI=1S/C17H15Cl2N3O5S/c1-2-27-15(26)8-22-16-10(19)5-9(18)6-11(16)28-17(22)20-12(23)7-21-13(24)3-4-14(21)25/h5-6H,2-4,7-8H2,1H3. The number of imide groups is 1. The van der Waals surface area contributed by atoms with Gasteiger partial charge in [-0.2, -0.15) is 4.99 Å². The lowest BCUT2D eigenvalue weighted by molar-refractivity contribution is -0.144. The van der Waals surface area contributed by atoms with Crippen LogP contribution in [0.15, 0.2) is 17.1 Å². The fourth-order valence-corrected chi connectivity index (χ4v) is 4.60. The number of halogens is 2. The number of fused-ring (bicyclic) bond motifs is 1. The molecule has 0 atom stereocenters. The van der Waals surface area contributed by atoms with E-state index in [-0.39, 0.29) is 30.8 Å². The van der Waals surface area contributed by atoms with E-state index in [2.05, 4.69) is 4.99 Å². The van der Waals surface area contributed by atoms with E-state index in [0.29, 0.717) is 20.3 Å². The molecule has 0 bridgehead atoms. The van der Waals surface area contributed by atoms with Crippen molar-refractivity contribution in [3.63, 3.8) is 0 Å². The van der Waals surface area contributed by atoms with E-state index in [1.54, 1.807) is 13.0 Å². The number of hydrogen-bond acceptors (Lipinski definition) is 6. The summed E-state index contributed by atoms with van der Waals surface area (Å²) < 4.78 is 7.06. The lowest BCUT2D eigenvalue weighted by Crippen LogP contribution is -2.34. The van der Waals surface area contributed by atoms with E-state index in [4.69, 9.17) is 27.9 Å². The van der Waals surface area contributed by atoms with Gasteiger partial charge in [0, 0.05) is 17.9 Å². The Bertz CT molecular complexity index is 1040. The summed E-state index contributed by atoms with van der Waals surface area (Å²) in [6, 6.07) is 3.17. The van der Waals surface area contributed by atoms with Crippen molar-refractivity contribution in [3.8, 4) is 0 Å². The molecule has 1 fully saturated rings. The average Bonchev–Trinajstić information content (AvgIpc) is 3.09. The first-order valence-corrected chi connectivity index (χ1v) is 9.92. The minimum Gasteiger partial charge on any atom is -0.465 e. The quantitative estimate of drug-likeness (QED) is 0.520. The van der Waals surface area contributed by atoms with Crippen molar-refractivity contribution in [2.75, 3.05) is 13.2 Å². The predicted octanol–water partition coefficient (Wildman–Crippen LogP) is 2.15. The third-order valence-electron chi connectivity index (χ3n) is 3.96. The number of likely N-dealkylation sites (tertiary alicyclic amines) is 1. The van der Waals surface area contributed by atoms with Gasteiger partial charge in [-0.15, -0.1) is 0 Å². The number of aromatic nitrogens is 1. The number of hydrogen-bond donors (Lipinski definition) is 0. The molecule has 11 heteroatoms. The number of benzene rings is 1. The molecule has 1 aliphatic rings. The van der Waals surface area contributed by atoms with Crippen LogP contribution in [0, 0.1) is 0 Å². The number of carbonyl (C=O) groups is 4. The number of thiazole rings is 1. The maximum atomic E-state index is 12.4. The number of ether oxygens (including phenoxy) is 1. The lowest BCUT2D eigenvalue weighted by atomic mass is 10.3. The van der Waals surface area contributed by atoms with E-state index in [1.165, 1.54) is 10.6 Å². The summed E-state index contributed by atoms with van der Waals surface area (Å²) in [5.41, 5.74) is 0.490. The van der Waals surface area contributed by atoms with E-state index in [0.717, 1.165) is 16.2 Å². The zero-order valence-electron chi connectivity index (χ0n) is 14.7. The number of rotatable bonds is 5. The Morgan fingerprint density at radius 3 is 2.50 bits per heavy atom. The number of esters is 1. The van der Waals surface area contributed by atoms with Crippen LogP contribution < -0.4 is 4.80 Å². The van der Waals surface area contributed by atoms with Crippen molar-refractivity contribution in [2.24, 2.45) is 4.99 Å². The van der Waals surface area contributed by atoms with Crippen LogP contribution in [-0.4, -0.2) is 46.3 Å². The summed E-state index contributed by atoms with van der Waals surface area (Å²) in [4.78, 5) is 52.8. The van der Waals surface area contributed by atoms with Crippen molar-refractivity contribution in [1.82, 2.24) is 9.47 Å². The maximum Gasteiger partial charge on any atom is 0.326 e. The first-order valence-electron chi connectivity index (χ1n) is 8.35. The molecule has 148 valence electrons. The van der Waals surface area contributed by atoms with Gasteiger partial charge in [0.2, 0.25) is 11.8 Å². The fraction of sp³-hybridized carbons (Fsp3) is 0.353. The highest BCUT2D eigenvalue weighted by Crippen LogP contribution is 2.29. The molecular weight excluding hydrogens is 429 g/mol. The second-order valence-electron chi connectivity index (χ2n) is 5.89. The van der Waals surface area contributed by atoms with E-state index < -0.39 is 30.2 Å². The molecule has 0 unspecified atom stereocenters. The van der Waals surface area contributed by atoms with Crippen molar-refractivity contribution in [2.45, 2.75) is 26.3 Å². The van der Waals surface area contributed by atoms with Crippen LogP contribution in [0.5, 0.6) is 0 Å². The second-order valence-corrected chi connectivity index (χ2v) is 7.74. The Kier molecular flexibility index (Phi) is 6.17. The highest BCUT2D eigenvalue weighted by atomic mass is 35.5. The summed E-state index contributed by atoms with van der Waals surface area (Å²) in [6.45, 7) is 1.23. The van der Waals surface area contributed by atoms with Crippen molar-refractivity contribution in [1.29, 1.82) is 0 Å². The van der Waals surface area contributed by atoms with Gasteiger partial charge in [0.25, 0.3) is 5.91 Å². The molecule has 2 aromatic rings. The van der Waals surface area contributed by atoms with Crippen LogP contribution in [0.2, 0.25) is 10.0 Å². The van der Waals surface area contributed by atoms with E-state index in [9.17, 15) is 19.2 Å². The van der Waals surface area contributed by atoms with Gasteiger partial charge in [-0.3, -0.25) is 24.1 Å². The zero-order chi connectivity index (χ0) is 20.4. The van der Waals surface area contributed by atoms with Gasteiger partial charge in [0.15, 0.2) is 4.80 Å². The Hall–Kier alpha value is -2.23. The van der Waals surface area contributed by atoms with Crippen LogP contribution in [0.4, 0.5) is 0 Å². The summed E-state index contributed by atoms with van der Waals surface area (Å²) in [7, 11) is 0. The predicted molar refractivity (Wildman–Crippen MR) is 103 cm³/mol. The molecule has 0 spiro atoms. The molecule has 28 heavy (non-hydrogen) atoms. The molecule has 0 aliphatic carbocycles. The Balaban J connectivity index is 2.03. The van der Waals surface area contributed by atoms with Crippen molar-refractivity contribution >= 4 is 68.4 Å². The zero-order valence-corrected chi connectivity index (χ0v) is 17.1. The van der Waals surface area contributed by atoms with Gasteiger partial charge in [0.1, 0.15) is 13.1 Å². The Morgan fingerprint density at radius 1 is 1.18 bits per heavy atom. The molecule has 0 N–H and O–H groups in total. The van der Waals surface area contributed by atoms with Gasteiger partial charge in [0.05, 0.1) is 21.8 Å². The number of nitrogens with zero attached hydrogens (tertiary/aromatic N) is 3. The Labute approximate surface area is 173 Å². The molecule has 0 radical (unpaired) electrons. The second kappa shape index (κ2) is 8.42. The minimum atomic E-state index is -0.685. The smallest absolute Gasteiger partial charge is 0.326 e. The molecule has 1 saturated heterocycles. The van der Waals surface area contributed by atoms with Gasteiger partial charge in [-0.05, 0) is 19.1 Å². The minimum absolute atomic E-state index is 0.0893. The van der Waals surface area contributed by atoms with Crippen LogP contribution >= 0.6 is 34.5 Å².